The molecule has 0 bridgehead atoms. The van der Waals surface area contributed by atoms with Crippen molar-refractivity contribution in [1.29, 1.82) is 0 Å². The average Bonchev–Trinajstić information content (AvgIpc) is 2.32. The lowest BCUT2D eigenvalue weighted by atomic mass is 10.0. The third-order valence-electron chi connectivity index (χ3n) is 3.00. The average molecular weight is 278 g/mol. The minimum atomic E-state index is -0.657. The zero-order valence-corrected chi connectivity index (χ0v) is 12.4. The molecule has 3 N–H and O–H groups in total. The second kappa shape index (κ2) is 7.05. The van der Waals surface area contributed by atoms with E-state index in [0.29, 0.717) is 11.4 Å². The second-order valence-electron chi connectivity index (χ2n) is 5.27. The maximum atomic E-state index is 11.8. The summed E-state index contributed by atoms with van der Waals surface area (Å²) in [6, 6.07) is 5.29. The highest BCUT2D eigenvalue weighted by Crippen LogP contribution is 2.20. The van der Waals surface area contributed by atoms with Gasteiger partial charge < -0.3 is 15.7 Å². The molecule has 0 aliphatic rings. The molecule has 0 saturated carbocycles. The fourth-order valence-electron chi connectivity index (χ4n) is 1.66. The van der Waals surface area contributed by atoms with E-state index >= 15 is 0 Å². The van der Waals surface area contributed by atoms with Crippen LogP contribution in [0.3, 0.4) is 0 Å². The maximum absolute atomic E-state index is 11.8. The normalized spacial score (nSPS) is 12.1. The Kier molecular flexibility index (Phi) is 5.70. The van der Waals surface area contributed by atoms with Crippen molar-refractivity contribution >= 4 is 23.2 Å². The highest BCUT2D eigenvalue weighted by molar-refractivity contribution is 5.94. The molecule has 5 nitrogen and oxygen atoms in total. The first-order valence-corrected chi connectivity index (χ1v) is 6.65. The predicted octanol–water partition coefficient (Wildman–Crippen LogP) is 2.30. The Hall–Kier alpha value is -1.88. The van der Waals surface area contributed by atoms with Crippen LogP contribution >= 0.6 is 0 Å². The van der Waals surface area contributed by atoms with Crippen LogP contribution in [0, 0.1) is 12.8 Å². The van der Waals surface area contributed by atoms with E-state index in [-0.39, 0.29) is 24.2 Å². The lowest BCUT2D eigenvalue weighted by Crippen LogP contribution is -2.23. The predicted molar refractivity (Wildman–Crippen MR) is 79.6 cm³/mol. The molecule has 1 atom stereocenters. The molecule has 0 fully saturated rings. The third-order valence-corrected chi connectivity index (χ3v) is 3.00. The molecule has 0 aliphatic carbocycles. The van der Waals surface area contributed by atoms with Crippen molar-refractivity contribution in [3.8, 4) is 0 Å². The molecule has 1 aromatic carbocycles. The van der Waals surface area contributed by atoms with E-state index in [1.807, 2.05) is 26.8 Å². The van der Waals surface area contributed by atoms with E-state index in [9.17, 15) is 14.7 Å². The van der Waals surface area contributed by atoms with E-state index < -0.39 is 6.10 Å². The first-order chi connectivity index (χ1) is 9.29. The Balaban J connectivity index is 2.73. The van der Waals surface area contributed by atoms with Crippen LogP contribution in [-0.4, -0.2) is 23.0 Å². The number of amides is 2. The monoisotopic (exact) mass is 278 g/mol. The summed E-state index contributed by atoms with van der Waals surface area (Å²) < 4.78 is 0. The number of aliphatic hydroxyl groups excluding tert-OH is 1. The third kappa shape index (κ3) is 5.01. The van der Waals surface area contributed by atoms with Crippen LogP contribution in [0.15, 0.2) is 18.2 Å². The lowest BCUT2D eigenvalue weighted by Gasteiger charge is -2.15. The lowest BCUT2D eigenvalue weighted by molar-refractivity contribution is -0.118. The standard InChI is InChI=1S/C15H22N2O3/c1-9(2)14(19)8-15(20)17-12-6-5-10(3)13(7-12)16-11(4)18/h5-7,9,14,19H,8H2,1-4H3,(H,16,18)(H,17,20). The van der Waals surface area contributed by atoms with Crippen molar-refractivity contribution in [2.75, 3.05) is 10.6 Å². The number of carbonyl (C=O) groups is 2. The van der Waals surface area contributed by atoms with Gasteiger partial charge in [-0.1, -0.05) is 19.9 Å². The summed E-state index contributed by atoms with van der Waals surface area (Å²) in [5.41, 5.74) is 2.18. The Morgan fingerprint density at radius 3 is 2.45 bits per heavy atom. The summed E-state index contributed by atoms with van der Waals surface area (Å²) in [6.07, 6.45) is -0.601. The molecule has 20 heavy (non-hydrogen) atoms. The molecule has 0 spiro atoms. The highest BCUT2D eigenvalue weighted by Gasteiger charge is 2.14. The van der Waals surface area contributed by atoms with Gasteiger partial charge in [-0.05, 0) is 30.5 Å². The number of carbonyl (C=O) groups excluding carboxylic acids is 2. The topological polar surface area (TPSA) is 78.4 Å². The van der Waals surface area contributed by atoms with Crippen LogP contribution in [0.25, 0.3) is 0 Å². The van der Waals surface area contributed by atoms with Crippen LogP contribution in [0.1, 0.15) is 32.8 Å². The summed E-state index contributed by atoms with van der Waals surface area (Å²) in [5, 5.41) is 15.1. The summed E-state index contributed by atoms with van der Waals surface area (Å²) in [4.78, 5) is 22.9. The second-order valence-corrected chi connectivity index (χ2v) is 5.27. The molecular weight excluding hydrogens is 256 g/mol. The number of anilines is 2. The molecule has 0 radical (unpaired) electrons. The van der Waals surface area contributed by atoms with Gasteiger partial charge >= 0.3 is 0 Å². The van der Waals surface area contributed by atoms with Gasteiger partial charge in [0.05, 0.1) is 12.5 Å². The number of aliphatic hydroxyl groups is 1. The van der Waals surface area contributed by atoms with Crippen molar-refractivity contribution in [2.24, 2.45) is 5.92 Å². The molecule has 5 heteroatoms. The van der Waals surface area contributed by atoms with Gasteiger partial charge in [-0.15, -0.1) is 0 Å². The summed E-state index contributed by atoms with van der Waals surface area (Å²) in [5.74, 6) is -0.371. The van der Waals surface area contributed by atoms with Crippen molar-refractivity contribution in [3.63, 3.8) is 0 Å². The Bertz CT molecular complexity index is 498. The Labute approximate surface area is 119 Å². The first-order valence-electron chi connectivity index (χ1n) is 6.65. The largest absolute Gasteiger partial charge is 0.392 e. The Morgan fingerprint density at radius 1 is 1.25 bits per heavy atom. The number of benzene rings is 1. The summed E-state index contributed by atoms with van der Waals surface area (Å²) in [7, 11) is 0. The fourth-order valence-corrected chi connectivity index (χ4v) is 1.66. The maximum Gasteiger partial charge on any atom is 0.226 e. The van der Waals surface area contributed by atoms with Crippen LogP contribution in [-0.2, 0) is 9.59 Å². The number of aryl methyl sites for hydroxylation is 1. The molecule has 2 amide bonds. The van der Waals surface area contributed by atoms with Crippen molar-refractivity contribution in [2.45, 2.75) is 40.2 Å². The van der Waals surface area contributed by atoms with Crippen molar-refractivity contribution in [1.82, 2.24) is 0 Å². The molecule has 0 aromatic heterocycles. The molecule has 0 saturated heterocycles. The van der Waals surface area contributed by atoms with Gasteiger partial charge in [0.2, 0.25) is 11.8 Å². The van der Waals surface area contributed by atoms with Crippen LogP contribution < -0.4 is 10.6 Å². The zero-order chi connectivity index (χ0) is 15.3. The molecule has 1 rings (SSSR count). The molecule has 110 valence electrons. The zero-order valence-electron chi connectivity index (χ0n) is 12.4. The van der Waals surface area contributed by atoms with Gasteiger partial charge in [-0.25, -0.2) is 0 Å². The highest BCUT2D eigenvalue weighted by atomic mass is 16.3. The van der Waals surface area contributed by atoms with Gasteiger partial charge in [-0.3, -0.25) is 9.59 Å². The van der Waals surface area contributed by atoms with Gasteiger partial charge in [0, 0.05) is 18.3 Å². The minimum absolute atomic E-state index is 0.0358. The van der Waals surface area contributed by atoms with Crippen molar-refractivity contribution in [3.05, 3.63) is 23.8 Å². The molecule has 1 aromatic rings. The first kappa shape index (κ1) is 16.2. The molecular formula is C15H22N2O3. The number of rotatable bonds is 5. The van der Waals surface area contributed by atoms with Crippen LogP contribution in [0.4, 0.5) is 11.4 Å². The van der Waals surface area contributed by atoms with Crippen LogP contribution in [0.2, 0.25) is 0 Å². The van der Waals surface area contributed by atoms with Gasteiger partial charge in [0.25, 0.3) is 0 Å². The number of hydrogen-bond donors (Lipinski definition) is 3. The quantitative estimate of drug-likeness (QED) is 0.773. The van der Waals surface area contributed by atoms with Crippen LogP contribution in [0.5, 0.6) is 0 Å². The van der Waals surface area contributed by atoms with E-state index in [1.165, 1.54) is 6.92 Å². The minimum Gasteiger partial charge on any atom is -0.392 e. The van der Waals surface area contributed by atoms with E-state index in [0.717, 1.165) is 5.56 Å². The SMILES string of the molecule is CC(=O)Nc1cc(NC(=O)CC(O)C(C)C)ccc1C. The van der Waals surface area contributed by atoms with Gasteiger partial charge in [0.1, 0.15) is 0 Å². The summed E-state index contributed by atoms with van der Waals surface area (Å²) in [6.45, 7) is 7.03. The van der Waals surface area contributed by atoms with Gasteiger partial charge in [0.15, 0.2) is 0 Å². The van der Waals surface area contributed by atoms with E-state index in [1.54, 1.807) is 12.1 Å². The number of hydrogen-bond acceptors (Lipinski definition) is 3. The van der Waals surface area contributed by atoms with Gasteiger partial charge in [-0.2, -0.15) is 0 Å². The number of nitrogens with one attached hydrogen (secondary N) is 2. The molecule has 0 heterocycles. The smallest absolute Gasteiger partial charge is 0.226 e. The molecule has 0 aliphatic heterocycles. The van der Waals surface area contributed by atoms with Crippen molar-refractivity contribution < 1.29 is 14.7 Å². The fraction of sp³-hybridized carbons (Fsp3) is 0.467. The van der Waals surface area contributed by atoms with E-state index in [2.05, 4.69) is 10.6 Å². The Morgan fingerprint density at radius 2 is 1.90 bits per heavy atom. The van der Waals surface area contributed by atoms with E-state index in [4.69, 9.17) is 0 Å². The summed E-state index contributed by atoms with van der Waals surface area (Å²) >= 11 is 0. The molecule has 1 unspecified atom stereocenters.